The molecule has 0 saturated carbocycles. The molecule has 1 heterocycles. The predicted molar refractivity (Wildman–Crippen MR) is 81.3 cm³/mol. The third-order valence-electron chi connectivity index (χ3n) is 2.67. The van der Waals surface area contributed by atoms with Crippen molar-refractivity contribution in [3.63, 3.8) is 0 Å². The number of rotatable bonds is 6. The number of nitrogens with two attached hydrogens (primary N) is 1. The molecule has 0 saturated heterocycles. The zero-order valence-corrected chi connectivity index (χ0v) is 12.4. The van der Waals surface area contributed by atoms with Crippen LogP contribution in [0.2, 0.25) is 0 Å². The molecule has 100 valence electrons. The molecule has 18 heavy (non-hydrogen) atoms. The van der Waals surface area contributed by atoms with Gasteiger partial charge in [-0.05, 0) is 52.5 Å². The second-order valence-electron chi connectivity index (χ2n) is 4.75. The van der Waals surface area contributed by atoms with E-state index in [-0.39, 0.29) is 0 Å². The van der Waals surface area contributed by atoms with Gasteiger partial charge in [-0.1, -0.05) is 12.2 Å². The van der Waals surface area contributed by atoms with Crippen LogP contribution in [0, 0.1) is 13.8 Å². The van der Waals surface area contributed by atoms with E-state index in [9.17, 15) is 0 Å². The molecule has 0 aromatic carbocycles. The summed E-state index contributed by atoms with van der Waals surface area (Å²) in [6, 6.07) is 2.00. The minimum atomic E-state index is 0.398. The first-order valence-corrected chi connectivity index (χ1v) is 6.49. The number of aromatic nitrogens is 1. The van der Waals surface area contributed by atoms with E-state index in [4.69, 9.17) is 18.0 Å². The molecule has 0 amide bonds. The summed E-state index contributed by atoms with van der Waals surface area (Å²) in [5.74, 6) is 0.804. The van der Waals surface area contributed by atoms with Gasteiger partial charge in [-0.2, -0.15) is 0 Å². The summed E-state index contributed by atoms with van der Waals surface area (Å²) < 4.78 is 0. The Hall–Kier alpha value is -1.20. The smallest absolute Gasteiger partial charge is 0.136 e. The lowest BCUT2D eigenvalue weighted by Gasteiger charge is -2.14. The SMILES string of the molecule is Cc1cc(C)c(C(N)=S)c(NCCCN(C)C)n1. The van der Waals surface area contributed by atoms with E-state index in [0.717, 1.165) is 42.1 Å². The van der Waals surface area contributed by atoms with E-state index in [1.807, 2.05) is 19.9 Å². The standard InChI is InChI=1S/C13H22N4S/c1-9-8-10(2)16-13(11(9)12(14)18)15-6-5-7-17(3)4/h8H,5-7H2,1-4H3,(H2,14,18)(H,15,16). The Morgan fingerprint density at radius 3 is 2.67 bits per heavy atom. The highest BCUT2D eigenvalue weighted by Gasteiger charge is 2.10. The van der Waals surface area contributed by atoms with Crippen LogP contribution in [-0.4, -0.2) is 42.1 Å². The maximum absolute atomic E-state index is 5.76. The molecule has 5 heteroatoms. The largest absolute Gasteiger partial charge is 0.389 e. The van der Waals surface area contributed by atoms with Crippen LogP contribution in [0.25, 0.3) is 0 Å². The van der Waals surface area contributed by atoms with Gasteiger partial charge in [0.05, 0.1) is 5.56 Å². The van der Waals surface area contributed by atoms with Crippen LogP contribution >= 0.6 is 12.2 Å². The van der Waals surface area contributed by atoms with Gasteiger partial charge in [0.25, 0.3) is 0 Å². The molecule has 0 radical (unpaired) electrons. The number of aryl methyl sites for hydroxylation is 2. The molecule has 0 spiro atoms. The van der Waals surface area contributed by atoms with Crippen LogP contribution in [0.15, 0.2) is 6.07 Å². The van der Waals surface area contributed by atoms with E-state index >= 15 is 0 Å². The average Bonchev–Trinajstić information content (AvgIpc) is 2.22. The van der Waals surface area contributed by atoms with Gasteiger partial charge in [0.1, 0.15) is 10.8 Å². The van der Waals surface area contributed by atoms with Crippen molar-refractivity contribution in [3.8, 4) is 0 Å². The highest BCUT2D eigenvalue weighted by Crippen LogP contribution is 2.18. The van der Waals surface area contributed by atoms with Crippen LogP contribution in [0.3, 0.4) is 0 Å². The van der Waals surface area contributed by atoms with Gasteiger partial charge in [0.15, 0.2) is 0 Å². The summed E-state index contributed by atoms with van der Waals surface area (Å²) in [4.78, 5) is 7.04. The summed E-state index contributed by atoms with van der Waals surface area (Å²) in [6.07, 6.45) is 1.05. The number of hydrogen-bond acceptors (Lipinski definition) is 4. The fourth-order valence-electron chi connectivity index (χ4n) is 1.88. The topological polar surface area (TPSA) is 54.2 Å². The third-order valence-corrected chi connectivity index (χ3v) is 2.87. The number of pyridine rings is 1. The van der Waals surface area contributed by atoms with Crippen LogP contribution < -0.4 is 11.1 Å². The first kappa shape index (κ1) is 14.9. The Morgan fingerprint density at radius 1 is 1.44 bits per heavy atom. The minimum Gasteiger partial charge on any atom is -0.389 e. The molecular weight excluding hydrogens is 244 g/mol. The number of hydrogen-bond donors (Lipinski definition) is 2. The minimum absolute atomic E-state index is 0.398. The van der Waals surface area contributed by atoms with Gasteiger partial charge in [0.2, 0.25) is 0 Å². The molecule has 4 nitrogen and oxygen atoms in total. The molecule has 0 unspecified atom stereocenters. The number of nitrogens with zero attached hydrogens (tertiary/aromatic N) is 2. The van der Waals surface area contributed by atoms with Crippen molar-refractivity contribution in [1.82, 2.24) is 9.88 Å². The first-order chi connectivity index (χ1) is 8.41. The summed E-state index contributed by atoms with van der Waals surface area (Å²) in [6.45, 7) is 5.89. The predicted octanol–water partition coefficient (Wildman–Crippen LogP) is 1.70. The van der Waals surface area contributed by atoms with Crippen LogP contribution in [-0.2, 0) is 0 Å². The lowest BCUT2D eigenvalue weighted by molar-refractivity contribution is 0.405. The van der Waals surface area contributed by atoms with Crippen molar-refractivity contribution in [3.05, 3.63) is 22.9 Å². The Balaban J connectivity index is 2.77. The quantitative estimate of drug-likeness (QED) is 0.606. The summed E-state index contributed by atoms with van der Waals surface area (Å²) in [5.41, 5.74) is 8.67. The number of nitrogens with one attached hydrogen (secondary N) is 1. The van der Waals surface area contributed by atoms with E-state index in [1.54, 1.807) is 0 Å². The first-order valence-electron chi connectivity index (χ1n) is 6.08. The monoisotopic (exact) mass is 266 g/mol. The Bertz CT molecular complexity index is 429. The van der Waals surface area contributed by atoms with Crippen LogP contribution in [0.4, 0.5) is 5.82 Å². The van der Waals surface area contributed by atoms with Crippen molar-refractivity contribution in [2.75, 3.05) is 32.5 Å². The molecule has 0 fully saturated rings. The lowest BCUT2D eigenvalue weighted by atomic mass is 10.1. The zero-order valence-electron chi connectivity index (χ0n) is 11.6. The fourth-order valence-corrected chi connectivity index (χ4v) is 2.14. The van der Waals surface area contributed by atoms with E-state index in [0.29, 0.717) is 4.99 Å². The average molecular weight is 266 g/mol. The molecule has 3 N–H and O–H groups in total. The third kappa shape index (κ3) is 4.23. The van der Waals surface area contributed by atoms with E-state index < -0.39 is 0 Å². The summed E-state index contributed by atoms with van der Waals surface area (Å²) in [5, 5.41) is 3.33. The molecule has 1 aromatic rings. The molecule has 0 aliphatic carbocycles. The second-order valence-corrected chi connectivity index (χ2v) is 5.19. The van der Waals surface area contributed by atoms with Gasteiger partial charge in [-0.3, -0.25) is 0 Å². The fraction of sp³-hybridized carbons (Fsp3) is 0.538. The van der Waals surface area contributed by atoms with Crippen molar-refractivity contribution < 1.29 is 0 Å². The summed E-state index contributed by atoms with van der Waals surface area (Å²) in [7, 11) is 4.13. The molecule has 1 rings (SSSR count). The van der Waals surface area contributed by atoms with Gasteiger partial charge >= 0.3 is 0 Å². The van der Waals surface area contributed by atoms with E-state index in [2.05, 4.69) is 29.3 Å². The maximum atomic E-state index is 5.76. The van der Waals surface area contributed by atoms with Crippen LogP contribution in [0.5, 0.6) is 0 Å². The number of thiocarbonyl (C=S) groups is 1. The van der Waals surface area contributed by atoms with Crippen molar-refractivity contribution in [2.45, 2.75) is 20.3 Å². The molecule has 0 aliphatic rings. The molecule has 0 atom stereocenters. The highest BCUT2D eigenvalue weighted by molar-refractivity contribution is 7.80. The molecule has 0 aliphatic heterocycles. The zero-order chi connectivity index (χ0) is 13.7. The Labute approximate surface area is 115 Å². The molecular formula is C13H22N4S. The molecule has 0 bridgehead atoms. The van der Waals surface area contributed by atoms with Crippen molar-refractivity contribution in [2.24, 2.45) is 5.73 Å². The van der Waals surface area contributed by atoms with Gasteiger partial charge in [0, 0.05) is 12.2 Å². The number of anilines is 1. The normalized spacial score (nSPS) is 10.7. The van der Waals surface area contributed by atoms with Crippen molar-refractivity contribution >= 4 is 23.0 Å². The Morgan fingerprint density at radius 2 is 2.11 bits per heavy atom. The van der Waals surface area contributed by atoms with Gasteiger partial charge in [-0.25, -0.2) is 4.98 Å². The Kier molecular flexibility index (Phi) is 5.50. The maximum Gasteiger partial charge on any atom is 0.136 e. The van der Waals surface area contributed by atoms with E-state index in [1.165, 1.54) is 0 Å². The second kappa shape index (κ2) is 6.66. The van der Waals surface area contributed by atoms with Crippen LogP contribution in [0.1, 0.15) is 23.2 Å². The molecule has 1 aromatic heterocycles. The lowest BCUT2D eigenvalue weighted by Crippen LogP contribution is -2.20. The van der Waals surface area contributed by atoms with Gasteiger partial charge < -0.3 is 16.0 Å². The summed E-state index contributed by atoms with van der Waals surface area (Å²) >= 11 is 5.09. The van der Waals surface area contributed by atoms with Gasteiger partial charge in [-0.15, -0.1) is 0 Å². The van der Waals surface area contributed by atoms with Crippen molar-refractivity contribution in [1.29, 1.82) is 0 Å². The highest BCUT2D eigenvalue weighted by atomic mass is 32.1.